The van der Waals surface area contributed by atoms with Gasteiger partial charge in [0.15, 0.2) is 0 Å². The molecule has 3 nitrogen and oxygen atoms in total. The Bertz CT molecular complexity index is 383. The minimum absolute atomic E-state index is 0.407. The SMILES string of the molecule is NC(=O)c1cccc2c1CC=CO2. The summed E-state index contributed by atoms with van der Waals surface area (Å²) in [7, 11) is 0. The predicted molar refractivity (Wildman–Crippen MR) is 48.4 cm³/mol. The van der Waals surface area contributed by atoms with Crippen molar-refractivity contribution >= 4 is 5.91 Å². The van der Waals surface area contributed by atoms with Gasteiger partial charge in [-0.25, -0.2) is 0 Å². The van der Waals surface area contributed by atoms with Crippen LogP contribution < -0.4 is 10.5 Å². The highest BCUT2D eigenvalue weighted by Crippen LogP contribution is 2.26. The second kappa shape index (κ2) is 2.94. The molecule has 0 saturated carbocycles. The van der Waals surface area contributed by atoms with Gasteiger partial charge >= 0.3 is 0 Å². The van der Waals surface area contributed by atoms with Crippen molar-refractivity contribution in [2.75, 3.05) is 0 Å². The van der Waals surface area contributed by atoms with Gasteiger partial charge in [0, 0.05) is 11.1 Å². The first-order chi connectivity index (χ1) is 6.29. The highest BCUT2D eigenvalue weighted by molar-refractivity contribution is 5.95. The topological polar surface area (TPSA) is 52.3 Å². The second-order valence-corrected chi connectivity index (χ2v) is 2.84. The van der Waals surface area contributed by atoms with E-state index in [4.69, 9.17) is 10.5 Å². The minimum atomic E-state index is -0.407. The van der Waals surface area contributed by atoms with Gasteiger partial charge in [-0.2, -0.15) is 0 Å². The Morgan fingerprint density at radius 2 is 2.31 bits per heavy atom. The lowest BCUT2D eigenvalue weighted by Crippen LogP contribution is -2.14. The summed E-state index contributed by atoms with van der Waals surface area (Å²) in [5, 5.41) is 0. The van der Waals surface area contributed by atoms with Crippen LogP contribution in [0.3, 0.4) is 0 Å². The van der Waals surface area contributed by atoms with Crippen LogP contribution >= 0.6 is 0 Å². The average Bonchev–Trinajstić information content (AvgIpc) is 2.17. The minimum Gasteiger partial charge on any atom is -0.465 e. The molecule has 0 aliphatic carbocycles. The molecule has 1 amide bonds. The summed E-state index contributed by atoms with van der Waals surface area (Å²) >= 11 is 0. The molecule has 0 radical (unpaired) electrons. The van der Waals surface area contributed by atoms with E-state index in [9.17, 15) is 4.79 Å². The number of amides is 1. The van der Waals surface area contributed by atoms with Gasteiger partial charge in [-0.15, -0.1) is 0 Å². The number of primary amides is 1. The maximum Gasteiger partial charge on any atom is 0.249 e. The molecule has 0 aromatic heterocycles. The van der Waals surface area contributed by atoms with Gasteiger partial charge in [0.2, 0.25) is 5.91 Å². The third-order valence-corrected chi connectivity index (χ3v) is 2.01. The molecule has 1 aliphatic rings. The fourth-order valence-corrected chi connectivity index (χ4v) is 1.40. The number of carbonyl (C=O) groups excluding carboxylic acids is 1. The van der Waals surface area contributed by atoms with Gasteiger partial charge in [-0.3, -0.25) is 4.79 Å². The Morgan fingerprint density at radius 3 is 3.08 bits per heavy atom. The lowest BCUT2D eigenvalue weighted by Gasteiger charge is -2.13. The van der Waals surface area contributed by atoms with Crippen molar-refractivity contribution in [3.63, 3.8) is 0 Å². The number of hydrogen-bond donors (Lipinski definition) is 1. The van der Waals surface area contributed by atoms with Crippen LogP contribution in [0.1, 0.15) is 15.9 Å². The molecule has 13 heavy (non-hydrogen) atoms. The smallest absolute Gasteiger partial charge is 0.249 e. The Morgan fingerprint density at radius 1 is 1.46 bits per heavy atom. The highest BCUT2D eigenvalue weighted by Gasteiger charge is 2.13. The van der Waals surface area contributed by atoms with Crippen LogP contribution in [0.4, 0.5) is 0 Å². The van der Waals surface area contributed by atoms with Gasteiger partial charge in [-0.1, -0.05) is 6.07 Å². The number of benzene rings is 1. The van der Waals surface area contributed by atoms with Crippen molar-refractivity contribution in [2.45, 2.75) is 6.42 Å². The summed E-state index contributed by atoms with van der Waals surface area (Å²) in [6.07, 6.45) is 4.18. The van der Waals surface area contributed by atoms with Gasteiger partial charge in [0.05, 0.1) is 6.26 Å². The first-order valence-electron chi connectivity index (χ1n) is 4.02. The molecular formula is C10H9NO2. The molecule has 3 heteroatoms. The third kappa shape index (κ3) is 1.28. The average molecular weight is 175 g/mol. The van der Waals surface area contributed by atoms with E-state index in [1.807, 2.05) is 12.1 Å². The first-order valence-corrected chi connectivity index (χ1v) is 4.02. The summed E-state index contributed by atoms with van der Waals surface area (Å²) in [6, 6.07) is 5.30. The van der Waals surface area contributed by atoms with Crippen LogP contribution in [0.5, 0.6) is 5.75 Å². The zero-order valence-corrected chi connectivity index (χ0v) is 6.99. The molecule has 2 rings (SSSR count). The third-order valence-electron chi connectivity index (χ3n) is 2.01. The quantitative estimate of drug-likeness (QED) is 0.698. The molecule has 1 aromatic rings. The van der Waals surface area contributed by atoms with Crippen LogP contribution in [0.25, 0.3) is 0 Å². The van der Waals surface area contributed by atoms with E-state index in [1.165, 1.54) is 0 Å². The molecule has 0 saturated heterocycles. The van der Waals surface area contributed by atoms with E-state index in [0.29, 0.717) is 12.0 Å². The first kappa shape index (κ1) is 7.86. The number of fused-ring (bicyclic) bond motifs is 1. The normalized spacial score (nSPS) is 13.2. The van der Waals surface area contributed by atoms with Crippen LogP contribution in [0.15, 0.2) is 30.5 Å². The molecule has 1 heterocycles. The van der Waals surface area contributed by atoms with Crippen molar-refractivity contribution in [1.29, 1.82) is 0 Å². The van der Waals surface area contributed by atoms with Crippen LogP contribution in [0, 0.1) is 0 Å². The number of rotatable bonds is 1. The molecule has 1 aliphatic heterocycles. The molecule has 0 atom stereocenters. The molecule has 0 fully saturated rings. The van der Waals surface area contributed by atoms with Crippen molar-refractivity contribution in [3.05, 3.63) is 41.7 Å². The second-order valence-electron chi connectivity index (χ2n) is 2.84. The summed E-state index contributed by atoms with van der Waals surface area (Å²) in [5.41, 5.74) is 6.64. The monoisotopic (exact) mass is 175 g/mol. The molecule has 2 N–H and O–H groups in total. The van der Waals surface area contributed by atoms with Crippen molar-refractivity contribution < 1.29 is 9.53 Å². The summed E-state index contributed by atoms with van der Waals surface area (Å²) in [4.78, 5) is 11.0. The van der Waals surface area contributed by atoms with E-state index in [1.54, 1.807) is 18.4 Å². The van der Waals surface area contributed by atoms with Crippen molar-refractivity contribution in [2.24, 2.45) is 5.73 Å². The highest BCUT2D eigenvalue weighted by atomic mass is 16.5. The maximum absolute atomic E-state index is 11.0. The lowest BCUT2D eigenvalue weighted by molar-refractivity contribution is 0.0999. The van der Waals surface area contributed by atoms with Crippen LogP contribution in [-0.4, -0.2) is 5.91 Å². The van der Waals surface area contributed by atoms with E-state index in [-0.39, 0.29) is 0 Å². The zero-order chi connectivity index (χ0) is 9.26. The Hall–Kier alpha value is -1.77. The number of nitrogens with two attached hydrogens (primary N) is 1. The number of allylic oxidation sites excluding steroid dienone is 1. The van der Waals surface area contributed by atoms with Crippen molar-refractivity contribution in [3.8, 4) is 5.75 Å². The number of hydrogen-bond acceptors (Lipinski definition) is 2. The van der Waals surface area contributed by atoms with Gasteiger partial charge in [0.25, 0.3) is 0 Å². The van der Waals surface area contributed by atoms with Crippen molar-refractivity contribution in [1.82, 2.24) is 0 Å². The van der Waals surface area contributed by atoms with Gasteiger partial charge in [-0.05, 0) is 24.6 Å². The number of carbonyl (C=O) groups is 1. The van der Waals surface area contributed by atoms with Gasteiger partial charge in [0.1, 0.15) is 5.75 Å². The largest absolute Gasteiger partial charge is 0.465 e. The van der Waals surface area contributed by atoms with E-state index >= 15 is 0 Å². The molecule has 0 bridgehead atoms. The molecule has 0 unspecified atom stereocenters. The fourth-order valence-electron chi connectivity index (χ4n) is 1.40. The van der Waals surface area contributed by atoms with Gasteiger partial charge < -0.3 is 10.5 Å². The Kier molecular flexibility index (Phi) is 1.77. The van der Waals surface area contributed by atoms with E-state index in [0.717, 1.165) is 11.3 Å². The number of ether oxygens (including phenoxy) is 1. The Balaban J connectivity index is 2.55. The molecule has 0 spiro atoms. The van der Waals surface area contributed by atoms with Crippen LogP contribution in [-0.2, 0) is 6.42 Å². The van der Waals surface area contributed by atoms with E-state index in [2.05, 4.69) is 0 Å². The summed E-state index contributed by atoms with van der Waals surface area (Å²) in [6.45, 7) is 0. The predicted octanol–water partition coefficient (Wildman–Crippen LogP) is 1.23. The van der Waals surface area contributed by atoms with Crippen LogP contribution in [0.2, 0.25) is 0 Å². The standard InChI is InChI=1S/C10H9NO2/c11-10(12)8-3-1-5-9-7(8)4-2-6-13-9/h1-3,5-6H,4H2,(H2,11,12). The lowest BCUT2D eigenvalue weighted by atomic mass is 10.0. The fraction of sp³-hybridized carbons (Fsp3) is 0.100. The molecule has 1 aromatic carbocycles. The Labute approximate surface area is 75.8 Å². The zero-order valence-electron chi connectivity index (χ0n) is 6.99. The van der Waals surface area contributed by atoms with E-state index < -0.39 is 5.91 Å². The maximum atomic E-state index is 11.0. The molecular weight excluding hydrogens is 166 g/mol. The summed E-state index contributed by atoms with van der Waals surface area (Å²) in [5.74, 6) is 0.314. The summed E-state index contributed by atoms with van der Waals surface area (Å²) < 4.78 is 5.23. The molecule has 66 valence electrons.